The lowest BCUT2D eigenvalue weighted by Crippen LogP contribution is -2.42. The summed E-state index contributed by atoms with van der Waals surface area (Å²) < 4.78 is 17.7. The van der Waals surface area contributed by atoms with Crippen LogP contribution in [0.15, 0.2) is 39.9 Å². The number of amides is 1. The predicted molar refractivity (Wildman–Crippen MR) is 129 cm³/mol. The minimum atomic E-state index is -0.174. The molecule has 1 saturated heterocycles. The molecule has 1 amide bonds. The molecule has 1 aliphatic rings. The zero-order chi connectivity index (χ0) is 22.9. The van der Waals surface area contributed by atoms with Crippen LogP contribution in [0.1, 0.15) is 18.1 Å². The third-order valence-electron chi connectivity index (χ3n) is 4.59. The largest absolute Gasteiger partial charge is 0.490 e. The van der Waals surface area contributed by atoms with Crippen LogP contribution in [0.25, 0.3) is 0 Å². The van der Waals surface area contributed by atoms with Gasteiger partial charge in [-0.15, -0.1) is 0 Å². The molecule has 2 aromatic rings. The van der Waals surface area contributed by atoms with Gasteiger partial charge in [0, 0.05) is 28.7 Å². The smallest absolute Gasteiger partial charge is 0.254 e. The summed E-state index contributed by atoms with van der Waals surface area (Å²) in [7, 11) is 0. The second-order valence-corrected chi connectivity index (χ2v) is 8.67. The molecule has 1 aliphatic heterocycles. The number of morpholine rings is 1. The highest BCUT2D eigenvalue weighted by Gasteiger charge is 2.15. The van der Waals surface area contributed by atoms with Crippen molar-refractivity contribution in [2.24, 2.45) is 5.10 Å². The fourth-order valence-electron chi connectivity index (χ4n) is 3.03. The first-order chi connectivity index (χ1) is 15.5. The lowest BCUT2D eigenvalue weighted by Gasteiger charge is -2.25. The van der Waals surface area contributed by atoms with Gasteiger partial charge < -0.3 is 14.2 Å². The Hall–Kier alpha value is -1.84. The van der Waals surface area contributed by atoms with E-state index >= 15 is 0 Å². The molecule has 7 nitrogen and oxygen atoms in total. The standard InChI is InChI=1S/C22H24BrCl2N3O4/c1-2-31-20-10-15(12-26-27-21(29)13-28-5-7-30-8-6-28)9-18(23)22(20)32-14-16-3-4-17(24)11-19(16)25/h3-4,9-12H,2,5-8,13-14H2,1H3,(H,27,29)/b26-12+. The predicted octanol–water partition coefficient (Wildman–Crippen LogP) is 4.52. The van der Waals surface area contributed by atoms with Gasteiger partial charge in [0.1, 0.15) is 6.61 Å². The van der Waals surface area contributed by atoms with Gasteiger partial charge >= 0.3 is 0 Å². The fourth-order valence-corrected chi connectivity index (χ4v) is 4.07. The van der Waals surface area contributed by atoms with Gasteiger partial charge in [0.15, 0.2) is 11.5 Å². The molecule has 10 heteroatoms. The van der Waals surface area contributed by atoms with E-state index in [-0.39, 0.29) is 19.1 Å². The number of ether oxygens (including phenoxy) is 3. The minimum absolute atomic E-state index is 0.174. The van der Waals surface area contributed by atoms with Gasteiger partial charge in [-0.1, -0.05) is 29.3 Å². The number of hydrogen-bond donors (Lipinski definition) is 1. The van der Waals surface area contributed by atoms with Gasteiger partial charge in [-0.2, -0.15) is 5.10 Å². The van der Waals surface area contributed by atoms with Crippen molar-refractivity contribution in [1.82, 2.24) is 10.3 Å². The molecule has 172 valence electrons. The van der Waals surface area contributed by atoms with Crippen molar-refractivity contribution >= 4 is 51.3 Å². The van der Waals surface area contributed by atoms with E-state index in [4.69, 9.17) is 37.4 Å². The van der Waals surface area contributed by atoms with Crippen molar-refractivity contribution in [3.8, 4) is 11.5 Å². The highest BCUT2D eigenvalue weighted by atomic mass is 79.9. The number of halogens is 3. The highest BCUT2D eigenvalue weighted by Crippen LogP contribution is 2.37. The van der Waals surface area contributed by atoms with Crippen LogP contribution in [0.2, 0.25) is 10.0 Å². The highest BCUT2D eigenvalue weighted by molar-refractivity contribution is 9.10. The van der Waals surface area contributed by atoms with E-state index in [1.165, 1.54) is 0 Å². The third-order valence-corrected chi connectivity index (χ3v) is 5.77. The molecular formula is C22H24BrCl2N3O4. The van der Waals surface area contributed by atoms with Crippen LogP contribution >= 0.6 is 39.1 Å². The summed E-state index contributed by atoms with van der Waals surface area (Å²) in [6.07, 6.45) is 1.56. The monoisotopic (exact) mass is 543 g/mol. The number of rotatable bonds is 9. The van der Waals surface area contributed by atoms with Crippen LogP contribution in [-0.2, 0) is 16.1 Å². The molecular weight excluding hydrogens is 521 g/mol. The maximum absolute atomic E-state index is 12.1. The van der Waals surface area contributed by atoms with Crippen molar-refractivity contribution in [1.29, 1.82) is 0 Å². The summed E-state index contributed by atoms with van der Waals surface area (Å²) in [6, 6.07) is 8.88. The van der Waals surface area contributed by atoms with Gasteiger partial charge in [0.2, 0.25) is 0 Å². The van der Waals surface area contributed by atoms with Gasteiger partial charge in [0.25, 0.3) is 5.91 Å². The Morgan fingerprint density at radius 2 is 2.03 bits per heavy atom. The quantitative estimate of drug-likeness (QED) is 0.371. The zero-order valence-corrected chi connectivity index (χ0v) is 20.7. The second-order valence-electron chi connectivity index (χ2n) is 6.97. The topological polar surface area (TPSA) is 72.4 Å². The first kappa shape index (κ1) is 24.8. The van der Waals surface area contributed by atoms with Gasteiger partial charge in [0.05, 0.1) is 37.1 Å². The zero-order valence-electron chi connectivity index (χ0n) is 17.6. The van der Waals surface area contributed by atoms with Crippen molar-refractivity contribution < 1.29 is 19.0 Å². The summed E-state index contributed by atoms with van der Waals surface area (Å²) in [5, 5.41) is 5.16. The van der Waals surface area contributed by atoms with Crippen LogP contribution in [-0.4, -0.2) is 56.5 Å². The molecule has 0 saturated carbocycles. The van der Waals surface area contributed by atoms with E-state index in [9.17, 15) is 4.79 Å². The Kier molecular flexibility index (Phi) is 9.62. The summed E-state index contributed by atoms with van der Waals surface area (Å²) >= 11 is 15.7. The average molecular weight is 545 g/mol. The number of nitrogens with zero attached hydrogens (tertiary/aromatic N) is 2. The van der Waals surface area contributed by atoms with E-state index in [0.29, 0.717) is 45.8 Å². The molecule has 32 heavy (non-hydrogen) atoms. The molecule has 3 rings (SSSR count). The SMILES string of the molecule is CCOc1cc(/C=N/NC(=O)CN2CCOCC2)cc(Br)c1OCc1ccc(Cl)cc1Cl. The second kappa shape index (κ2) is 12.4. The van der Waals surface area contributed by atoms with E-state index < -0.39 is 0 Å². The fraction of sp³-hybridized carbons (Fsp3) is 0.364. The molecule has 0 unspecified atom stereocenters. The summed E-state index contributed by atoms with van der Waals surface area (Å²) in [4.78, 5) is 14.1. The Balaban J connectivity index is 1.64. The molecule has 2 aromatic carbocycles. The Morgan fingerprint density at radius 3 is 2.75 bits per heavy atom. The maximum atomic E-state index is 12.1. The summed E-state index contributed by atoms with van der Waals surface area (Å²) in [6.45, 7) is 5.65. The summed E-state index contributed by atoms with van der Waals surface area (Å²) in [5.74, 6) is 0.923. The van der Waals surface area contributed by atoms with Crippen molar-refractivity contribution in [2.45, 2.75) is 13.5 Å². The first-order valence-electron chi connectivity index (χ1n) is 10.1. The molecule has 0 atom stereocenters. The lowest BCUT2D eigenvalue weighted by molar-refractivity contribution is -0.123. The van der Waals surface area contributed by atoms with Crippen molar-refractivity contribution in [2.75, 3.05) is 39.5 Å². The Bertz CT molecular complexity index is 968. The van der Waals surface area contributed by atoms with Crippen LogP contribution < -0.4 is 14.9 Å². The van der Waals surface area contributed by atoms with E-state index in [1.54, 1.807) is 24.4 Å². The number of hydrogen-bond acceptors (Lipinski definition) is 6. The number of benzene rings is 2. The molecule has 0 aliphatic carbocycles. The minimum Gasteiger partial charge on any atom is -0.490 e. The molecule has 1 heterocycles. The van der Waals surface area contributed by atoms with Crippen LogP contribution in [0.3, 0.4) is 0 Å². The van der Waals surface area contributed by atoms with Crippen molar-refractivity contribution in [3.05, 3.63) is 56.0 Å². The number of hydrazone groups is 1. The van der Waals surface area contributed by atoms with Gasteiger partial charge in [-0.3, -0.25) is 9.69 Å². The first-order valence-corrected chi connectivity index (χ1v) is 11.7. The molecule has 0 spiro atoms. The van der Waals surface area contributed by atoms with Crippen LogP contribution in [0.4, 0.5) is 0 Å². The number of carbonyl (C=O) groups is 1. The molecule has 0 bridgehead atoms. The number of carbonyl (C=O) groups excluding carboxylic acids is 1. The van der Waals surface area contributed by atoms with E-state index in [2.05, 4.69) is 26.5 Å². The van der Waals surface area contributed by atoms with Gasteiger partial charge in [-0.25, -0.2) is 5.43 Å². The third kappa shape index (κ3) is 7.35. The van der Waals surface area contributed by atoms with Crippen molar-refractivity contribution in [3.63, 3.8) is 0 Å². The van der Waals surface area contributed by atoms with E-state index in [0.717, 1.165) is 24.2 Å². The van der Waals surface area contributed by atoms with Crippen LogP contribution in [0.5, 0.6) is 11.5 Å². The Labute approximate surface area is 205 Å². The van der Waals surface area contributed by atoms with Gasteiger partial charge in [-0.05, 0) is 52.7 Å². The maximum Gasteiger partial charge on any atom is 0.254 e. The molecule has 1 fully saturated rings. The average Bonchev–Trinajstić information content (AvgIpc) is 2.75. The summed E-state index contributed by atoms with van der Waals surface area (Å²) in [5.41, 5.74) is 4.10. The lowest BCUT2D eigenvalue weighted by atomic mass is 10.2. The normalized spacial score (nSPS) is 14.5. The number of nitrogens with one attached hydrogen (secondary N) is 1. The molecule has 0 radical (unpaired) electrons. The van der Waals surface area contributed by atoms with E-state index in [1.807, 2.05) is 24.0 Å². The molecule has 0 aromatic heterocycles. The molecule has 1 N–H and O–H groups in total. The Morgan fingerprint density at radius 1 is 1.25 bits per heavy atom. The van der Waals surface area contributed by atoms with Crippen LogP contribution in [0, 0.1) is 0 Å².